The highest BCUT2D eigenvalue weighted by molar-refractivity contribution is 5.97. The number of benzene rings is 3. The molecule has 0 aromatic heterocycles. The van der Waals surface area contributed by atoms with Crippen LogP contribution in [-0.2, 0) is 6.54 Å². The Balaban J connectivity index is 1.71. The molecule has 23 heavy (non-hydrogen) atoms. The maximum atomic E-state index is 6.03. The Hall–Kier alpha value is -2.87. The third-order valence-corrected chi connectivity index (χ3v) is 3.84. The highest BCUT2D eigenvalue weighted by Gasteiger charge is 1.99. The average molecular weight is 300 g/mol. The summed E-state index contributed by atoms with van der Waals surface area (Å²) in [5.41, 5.74) is 11.9. The molecule has 3 aromatic carbocycles. The van der Waals surface area contributed by atoms with Crippen LogP contribution in [0.2, 0.25) is 0 Å². The smallest absolute Gasteiger partial charge is 0.125 e. The lowest BCUT2D eigenvalue weighted by molar-refractivity contribution is 1.06. The maximum Gasteiger partial charge on any atom is 0.125 e. The van der Waals surface area contributed by atoms with Crippen LogP contribution in [0.3, 0.4) is 0 Å². The van der Waals surface area contributed by atoms with Crippen LogP contribution in [0.15, 0.2) is 83.9 Å². The largest absolute Gasteiger partial charge is 0.383 e. The van der Waals surface area contributed by atoms with E-state index in [2.05, 4.69) is 60.4 Å². The van der Waals surface area contributed by atoms with Gasteiger partial charge in [0.05, 0.1) is 6.54 Å². The first-order valence-electron chi connectivity index (χ1n) is 7.74. The molecule has 0 fully saturated rings. The number of aryl methyl sites for hydroxylation is 1. The summed E-state index contributed by atoms with van der Waals surface area (Å²) < 4.78 is 0. The van der Waals surface area contributed by atoms with Gasteiger partial charge in [0.1, 0.15) is 5.84 Å². The van der Waals surface area contributed by atoms with E-state index in [4.69, 9.17) is 5.73 Å². The lowest BCUT2D eigenvalue weighted by Gasteiger charge is -2.05. The second-order valence-electron chi connectivity index (χ2n) is 5.63. The van der Waals surface area contributed by atoms with Crippen molar-refractivity contribution in [2.24, 2.45) is 10.7 Å². The average Bonchev–Trinajstić information content (AvgIpc) is 2.61. The van der Waals surface area contributed by atoms with Crippen molar-refractivity contribution < 1.29 is 0 Å². The predicted molar refractivity (Wildman–Crippen MR) is 97.5 cm³/mol. The molecule has 2 N–H and O–H groups in total. The van der Waals surface area contributed by atoms with Crippen molar-refractivity contribution in [2.45, 2.75) is 13.5 Å². The van der Waals surface area contributed by atoms with Gasteiger partial charge >= 0.3 is 0 Å². The summed E-state index contributed by atoms with van der Waals surface area (Å²) in [5.74, 6) is 0.577. The molecule has 0 saturated carbocycles. The molecule has 3 rings (SSSR count). The van der Waals surface area contributed by atoms with Crippen molar-refractivity contribution in [2.75, 3.05) is 0 Å². The van der Waals surface area contributed by atoms with Crippen LogP contribution in [0, 0.1) is 6.92 Å². The SMILES string of the molecule is Cc1ccc(-c2ccc(CN=C(N)c3ccccc3)cc2)cc1. The second-order valence-corrected chi connectivity index (χ2v) is 5.63. The molecule has 0 bridgehead atoms. The number of nitrogens with two attached hydrogens (primary N) is 1. The normalized spacial score (nSPS) is 11.4. The monoisotopic (exact) mass is 300 g/mol. The molecule has 2 heteroatoms. The molecule has 0 aliphatic carbocycles. The Kier molecular flexibility index (Phi) is 4.53. The summed E-state index contributed by atoms with van der Waals surface area (Å²) in [6.45, 7) is 2.69. The maximum absolute atomic E-state index is 6.03. The van der Waals surface area contributed by atoms with E-state index >= 15 is 0 Å². The Morgan fingerprint density at radius 1 is 0.783 bits per heavy atom. The molecule has 0 atom stereocenters. The Bertz CT molecular complexity index is 786. The molecule has 0 unspecified atom stereocenters. The minimum Gasteiger partial charge on any atom is -0.383 e. The van der Waals surface area contributed by atoms with E-state index in [0.717, 1.165) is 11.1 Å². The minimum atomic E-state index is 0.577. The van der Waals surface area contributed by atoms with E-state index in [9.17, 15) is 0 Å². The molecule has 0 aliphatic heterocycles. The molecule has 0 saturated heterocycles. The van der Waals surface area contributed by atoms with Gasteiger partial charge in [0.15, 0.2) is 0 Å². The first kappa shape index (κ1) is 15.0. The van der Waals surface area contributed by atoms with Gasteiger partial charge in [-0.05, 0) is 23.6 Å². The lowest BCUT2D eigenvalue weighted by atomic mass is 10.0. The third-order valence-electron chi connectivity index (χ3n) is 3.84. The topological polar surface area (TPSA) is 38.4 Å². The van der Waals surface area contributed by atoms with Crippen LogP contribution < -0.4 is 5.73 Å². The highest BCUT2D eigenvalue weighted by Crippen LogP contribution is 2.20. The number of rotatable bonds is 4. The fourth-order valence-corrected chi connectivity index (χ4v) is 2.43. The van der Waals surface area contributed by atoms with E-state index in [1.165, 1.54) is 16.7 Å². The summed E-state index contributed by atoms with van der Waals surface area (Å²) >= 11 is 0. The Morgan fingerprint density at radius 3 is 1.96 bits per heavy atom. The molecule has 0 radical (unpaired) electrons. The van der Waals surface area contributed by atoms with Crippen molar-refractivity contribution >= 4 is 5.84 Å². The standard InChI is InChI=1S/C21H20N2/c1-16-7-11-18(12-8-16)19-13-9-17(10-14-19)15-23-21(22)20-5-3-2-4-6-20/h2-14H,15H2,1H3,(H2,22,23). The second kappa shape index (κ2) is 6.93. The third kappa shape index (κ3) is 3.86. The number of amidine groups is 1. The van der Waals surface area contributed by atoms with Crippen molar-refractivity contribution in [3.8, 4) is 11.1 Å². The van der Waals surface area contributed by atoms with Crippen molar-refractivity contribution in [3.63, 3.8) is 0 Å². The van der Waals surface area contributed by atoms with Crippen molar-refractivity contribution in [3.05, 3.63) is 95.6 Å². The first-order valence-corrected chi connectivity index (χ1v) is 7.74. The van der Waals surface area contributed by atoms with E-state index in [1.54, 1.807) is 0 Å². The number of nitrogens with zero attached hydrogens (tertiary/aromatic N) is 1. The van der Waals surface area contributed by atoms with Gasteiger partial charge in [0.2, 0.25) is 0 Å². The van der Waals surface area contributed by atoms with Gasteiger partial charge in [-0.2, -0.15) is 0 Å². The molecule has 114 valence electrons. The molecule has 0 amide bonds. The van der Waals surface area contributed by atoms with E-state index in [-0.39, 0.29) is 0 Å². The molecular weight excluding hydrogens is 280 g/mol. The summed E-state index contributed by atoms with van der Waals surface area (Å²) in [6, 6.07) is 26.9. The summed E-state index contributed by atoms with van der Waals surface area (Å²) in [7, 11) is 0. The van der Waals surface area contributed by atoms with Gasteiger partial charge in [-0.3, -0.25) is 4.99 Å². The van der Waals surface area contributed by atoms with Crippen LogP contribution in [0.4, 0.5) is 0 Å². The lowest BCUT2D eigenvalue weighted by Crippen LogP contribution is -2.13. The Morgan fingerprint density at radius 2 is 1.35 bits per heavy atom. The van der Waals surface area contributed by atoms with E-state index in [0.29, 0.717) is 12.4 Å². The zero-order chi connectivity index (χ0) is 16.1. The first-order chi connectivity index (χ1) is 11.2. The Labute approximate surface area is 137 Å². The number of hydrogen-bond acceptors (Lipinski definition) is 1. The van der Waals surface area contributed by atoms with Crippen LogP contribution in [-0.4, -0.2) is 5.84 Å². The van der Waals surface area contributed by atoms with Crippen molar-refractivity contribution in [1.82, 2.24) is 0 Å². The summed E-state index contributed by atoms with van der Waals surface area (Å²) in [5, 5.41) is 0. The zero-order valence-electron chi connectivity index (χ0n) is 13.2. The van der Waals surface area contributed by atoms with Crippen LogP contribution in [0.1, 0.15) is 16.7 Å². The van der Waals surface area contributed by atoms with E-state index < -0.39 is 0 Å². The fourth-order valence-electron chi connectivity index (χ4n) is 2.43. The fraction of sp³-hybridized carbons (Fsp3) is 0.0952. The number of aliphatic imine (C=N–C) groups is 1. The quantitative estimate of drug-likeness (QED) is 0.556. The van der Waals surface area contributed by atoms with Gasteiger partial charge in [0.25, 0.3) is 0 Å². The molecule has 2 nitrogen and oxygen atoms in total. The predicted octanol–water partition coefficient (Wildman–Crippen LogP) is 4.57. The zero-order valence-corrected chi connectivity index (χ0v) is 13.2. The number of hydrogen-bond donors (Lipinski definition) is 1. The molecule has 0 heterocycles. The van der Waals surface area contributed by atoms with Crippen LogP contribution in [0.25, 0.3) is 11.1 Å². The molecular formula is C21H20N2. The highest BCUT2D eigenvalue weighted by atomic mass is 14.8. The summed E-state index contributed by atoms with van der Waals surface area (Å²) in [4.78, 5) is 4.47. The molecule has 0 aliphatic rings. The molecule has 3 aromatic rings. The van der Waals surface area contributed by atoms with Gasteiger partial charge in [-0.1, -0.05) is 84.4 Å². The van der Waals surface area contributed by atoms with Crippen LogP contribution >= 0.6 is 0 Å². The van der Waals surface area contributed by atoms with Gasteiger partial charge in [-0.25, -0.2) is 0 Å². The minimum absolute atomic E-state index is 0.577. The van der Waals surface area contributed by atoms with Gasteiger partial charge in [0, 0.05) is 5.56 Å². The van der Waals surface area contributed by atoms with Crippen molar-refractivity contribution in [1.29, 1.82) is 0 Å². The van der Waals surface area contributed by atoms with E-state index in [1.807, 2.05) is 30.3 Å². The summed E-state index contributed by atoms with van der Waals surface area (Å²) in [6.07, 6.45) is 0. The van der Waals surface area contributed by atoms with Gasteiger partial charge in [-0.15, -0.1) is 0 Å². The molecule has 0 spiro atoms. The van der Waals surface area contributed by atoms with Crippen LogP contribution in [0.5, 0.6) is 0 Å². The van der Waals surface area contributed by atoms with Gasteiger partial charge < -0.3 is 5.73 Å².